The Morgan fingerprint density at radius 3 is 2.25 bits per heavy atom. The Kier molecular flexibility index (Phi) is 6.13. The Hall–Kier alpha value is -0.270. The molecule has 0 aliphatic carbocycles. The molecular weight excluding hydrogens is 198 g/mol. The number of halogens is 1. The molecule has 0 heterocycles. The van der Waals surface area contributed by atoms with Crippen molar-refractivity contribution in [1.82, 2.24) is 0 Å². The van der Waals surface area contributed by atoms with Gasteiger partial charge >= 0.3 is 0 Å². The van der Waals surface area contributed by atoms with Gasteiger partial charge in [0, 0.05) is 17.1 Å². The first-order valence-electron chi connectivity index (χ1n) is 3.85. The van der Waals surface area contributed by atoms with Crippen molar-refractivity contribution in [2.75, 3.05) is 5.75 Å². The highest BCUT2D eigenvalue weighted by Gasteiger charge is 2.03. The van der Waals surface area contributed by atoms with Crippen LogP contribution in [0.5, 0.6) is 0 Å². The highest BCUT2D eigenvalue weighted by atomic mass is 35.7. The Bertz CT molecular complexity index is 243. The predicted octanol–water partition coefficient (Wildman–Crippen LogP) is 2.03. The summed E-state index contributed by atoms with van der Waals surface area (Å²) in [7, 11) is 1.68. The molecule has 0 aromatic rings. The van der Waals surface area contributed by atoms with Gasteiger partial charge in [-0.3, -0.25) is 0 Å². The largest absolute Gasteiger partial charge is 0.232 e. The summed E-state index contributed by atoms with van der Waals surface area (Å²) >= 11 is 0. The van der Waals surface area contributed by atoms with Crippen molar-refractivity contribution in [3.8, 4) is 6.07 Å². The quantitative estimate of drug-likeness (QED) is 0.497. The molecule has 0 aromatic carbocycles. The highest BCUT2D eigenvalue weighted by Crippen LogP contribution is 2.06. The van der Waals surface area contributed by atoms with E-state index in [1.165, 1.54) is 0 Å². The first-order valence-corrected chi connectivity index (χ1v) is 6.33. The smallest absolute Gasteiger partial charge is 0.212 e. The summed E-state index contributed by atoms with van der Waals surface area (Å²) in [4.78, 5) is 0. The summed E-state index contributed by atoms with van der Waals surface area (Å²) in [6, 6.07) is 2.03. The van der Waals surface area contributed by atoms with Gasteiger partial charge in [-0.15, -0.1) is 0 Å². The van der Waals surface area contributed by atoms with Crippen molar-refractivity contribution in [2.24, 2.45) is 0 Å². The summed E-state index contributed by atoms with van der Waals surface area (Å²) in [5, 5.41) is 8.19. The SMILES string of the molecule is N#CCCCCCCS(=O)(=O)Cl. The molecule has 0 radical (unpaired) electrons. The van der Waals surface area contributed by atoms with Gasteiger partial charge in [0.1, 0.15) is 0 Å². The normalized spacial score (nSPS) is 11.0. The van der Waals surface area contributed by atoms with E-state index in [2.05, 4.69) is 0 Å². The average Bonchev–Trinajstić information content (AvgIpc) is 1.94. The van der Waals surface area contributed by atoms with Crippen LogP contribution in [0.1, 0.15) is 32.1 Å². The van der Waals surface area contributed by atoms with Crippen LogP contribution in [-0.2, 0) is 9.05 Å². The molecule has 0 spiro atoms. The number of hydrogen-bond donors (Lipinski definition) is 0. The molecule has 0 aliphatic rings. The van der Waals surface area contributed by atoms with Crippen LogP contribution in [0.3, 0.4) is 0 Å². The van der Waals surface area contributed by atoms with E-state index >= 15 is 0 Å². The molecule has 0 aliphatic heterocycles. The first kappa shape index (κ1) is 11.7. The third-order valence-corrected chi connectivity index (χ3v) is 2.67. The summed E-state index contributed by atoms with van der Waals surface area (Å²) in [5.74, 6) is 0.0428. The first-order chi connectivity index (χ1) is 5.56. The molecule has 70 valence electrons. The van der Waals surface area contributed by atoms with Crippen molar-refractivity contribution < 1.29 is 8.42 Å². The van der Waals surface area contributed by atoms with Gasteiger partial charge in [-0.1, -0.05) is 12.8 Å². The number of unbranched alkanes of at least 4 members (excludes halogenated alkanes) is 4. The second-order valence-electron chi connectivity index (χ2n) is 2.57. The summed E-state index contributed by atoms with van der Waals surface area (Å²) in [6.07, 6.45) is 3.72. The number of nitriles is 1. The highest BCUT2D eigenvalue weighted by molar-refractivity contribution is 8.13. The zero-order valence-electron chi connectivity index (χ0n) is 6.79. The van der Waals surface area contributed by atoms with E-state index in [9.17, 15) is 8.42 Å². The number of hydrogen-bond acceptors (Lipinski definition) is 3. The lowest BCUT2D eigenvalue weighted by atomic mass is 10.2. The van der Waals surface area contributed by atoms with E-state index in [4.69, 9.17) is 15.9 Å². The molecule has 12 heavy (non-hydrogen) atoms. The molecule has 0 saturated heterocycles. The summed E-state index contributed by atoms with van der Waals surface area (Å²) in [6.45, 7) is 0. The Labute approximate surface area is 77.8 Å². The Morgan fingerprint density at radius 1 is 1.17 bits per heavy atom. The third kappa shape index (κ3) is 9.73. The molecule has 5 heteroatoms. The van der Waals surface area contributed by atoms with Crippen molar-refractivity contribution in [1.29, 1.82) is 5.26 Å². The van der Waals surface area contributed by atoms with Crippen LogP contribution in [0.4, 0.5) is 0 Å². The lowest BCUT2D eigenvalue weighted by Crippen LogP contribution is -1.96. The molecule has 3 nitrogen and oxygen atoms in total. The van der Waals surface area contributed by atoms with Crippen LogP contribution in [0.2, 0.25) is 0 Å². The van der Waals surface area contributed by atoms with Gasteiger partial charge < -0.3 is 0 Å². The van der Waals surface area contributed by atoms with Gasteiger partial charge in [-0.25, -0.2) is 8.42 Å². The van der Waals surface area contributed by atoms with Crippen LogP contribution in [-0.4, -0.2) is 14.2 Å². The Balaban J connectivity index is 3.18. The zero-order chi connectivity index (χ0) is 9.45. The van der Waals surface area contributed by atoms with E-state index in [0.29, 0.717) is 12.8 Å². The fraction of sp³-hybridized carbons (Fsp3) is 0.857. The molecular formula is C7H12ClNO2S. The van der Waals surface area contributed by atoms with Gasteiger partial charge in [0.25, 0.3) is 0 Å². The van der Waals surface area contributed by atoms with Crippen molar-refractivity contribution in [2.45, 2.75) is 32.1 Å². The van der Waals surface area contributed by atoms with Crippen molar-refractivity contribution in [3.05, 3.63) is 0 Å². The molecule has 0 saturated carbocycles. The maximum absolute atomic E-state index is 10.4. The lowest BCUT2D eigenvalue weighted by Gasteiger charge is -1.95. The van der Waals surface area contributed by atoms with E-state index in [1.54, 1.807) is 0 Å². The zero-order valence-corrected chi connectivity index (χ0v) is 8.36. The number of rotatable bonds is 6. The van der Waals surface area contributed by atoms with E-state index < -0.39 is 9.05 Å². The summed E-state index contributed by atoms with van der Waals surface area (Å²) in [5.41, 5.74) is 0. The molecule has 0 atom stereocenters. The molecule has 0 unspecified atom stereocenters. The van der Waals surface area contributed by atoms with Crippen LogP contribution in [0.25, 0.3) is 0 Å². The lowest BCUT2D eigenvalue weighted by molar-refractivity contribution is 0.601. The maximum Gasteiger partial charge on any atom is 0.232 e. The fourth-order valence-electron chi connectivity index (χ4n) is 0.832. The minimum absolute atomic E-state index is 0.0428. The monoisotopic (exact) mass is 209 g/mol. The minimum atomic E-state index is -3.31. The minimum Gasteiger partial charge on any atom is -0.212 e. The molecule has 0 N–H and O–H groups in total. The van der Waals surface area contributed by atoms with Gasteiger partial charge in [-0.05, 0) is 12.8 Å². The Morgan fingerprint density at radius 2 is 1.75 bits per heavy atom. The second kappa shape index (κ2) is 6.27. The number of nitrogens with zero attached hydrogens (tertiary/aromatic N) is 1. The standard InChI is InChI=1S/C7H12ClNO2S/c8-12(10,11)7-5-3-1-2-4-6-9/h1-5,7H2. The third-order valence-electron chi connectivity index (χ3n) is 1.43. The van der Waals surface area contributed by atoms with Crippen LogP contribution < -0.4 is 0 Å². The molecule has 0 fully saturated rings. The van der Waals surface area contributed by atoms with Crippen LogP contribution in [0, 0.1) is 11.3 Å². The molecule has 0 bridgehead atoms. The maximum atomic E-state index is 10.4. The topological polar surface area (TPSA) is 57.9 Å². The van der Waals surface area contributed by atoms with Crippen molar-refractivity contribution in [3.63, 3.8) is 0 Å². The summed E-state index contributed by atoms with van der Waals surface area (Å²) < 4.78 is 20.9. The van der Waals surface area contributed by atoms with Crippen molar-refractivity contribution >= 4 is 19.7 Å². The molecule has 0 rings (SSSR count). The second-order valence-corrected chi connectivity index (χ2v) is 5.46. The van der Waals surface area contributed by atoms with Crippen LogP contribution >= 0.6 is 10.7 Å². The van der Waals surface area contributed by atoms with E-state index in [1.807, 2.05) is 6.07 Å². The van der Waals surface area contributed by atoms with Gasteiger partial charge in [0.2, 0.25) is 9.05 Å². The van der Waals surface area contributed by atoms with Crippen LogP contribution in [0.15, 0.2) is 0 Å². The van der Waals surface area contributed by atoms with E-state index in [-0.39, 0.29) is 5.75 Å². The predicted molar refractivity (Wildman–Crippen MR) is 48.3 cm³/mol. The van der Waals surface area contributed by atoms with Gasteiger partial charge in [-0.2, -0.15) is 5.26 Å². The average molecular weight is 210 g/mol. The fourth-order valence-corrected chi connectivity index (χ4v) is 1.71. The van der Waals surface area contributed by atoms with E-state index in [0.717, 1.165) is 19.3 Å². The van der Waals surface area contributed by atoms with Gasteiger partial charge in [0.15, 0.2) is 0 Å². The van der Waals surface area contributed by atoms with Gasteiger partial charge in [0.05, 0.1) is 11.8 Å². The molecule has 0 amide bonds. The molecule has 0 aromatic heterocycles.